The first kappa shape index (κ1) is 18.6. The van der Waals surface area contributed by atoms with Gasteiger partial charge in [-0.2, -0.15) is 0 Å². The van der Waals surface area contributed by atoms with Crippen LogP contribution in [0, 0.1) is 0 Å². The minimum absolute atomic E-state index is 0.0292. The number of pyridine rings is 1. The second kappa shape index (κ2) is 8.42. The molecule has 0 atom stereocenters. The van der Waals surface area contributed by atoms with Crippen LogP contribution >= 0.6 is 0 Å². The van der Waals surface area contributed by atoms with E-state index < -0.39 is 0 Å². The van der Waals surface area contributed by atoms with Crippen molar-refractivity contribution in [1.82, 2.24) is 10.3 Å². The van der Waals surface area contributed by atoms with Crippen molar-refractivity contribution in [2.75, 3.05) is 5.32 Å². The molecule has 1 heterocycles. The number of carbonyl (C=O) groups is 2. The number of para-hydroxylation sites is 1. The van der Waals surface area contributed by atoms with Gasteiger partial charge in [-0.25, -0.2) is 0 Å². The number of anilines is 1. The van der Waals surface area contributed by atoms with Gasteiger partial charge in [0, 0.05) is 23.5 Å². The van der Waals surface area contributed by atoms with Crippen LogP contribution in [-0.4, -0.2) is 22.8 Å². The highest BCUT2D eigenvalue weighted by Gasteiger charge is 2.15. The molecule has 2 N–H and O–H groups in total. The van der Waals surface area contributed by atoms with E-state index in [1.54, 1.807) is 6.07 Å². The van der Waals surface area contributed by atoms with Crippen molar-refractivity contribution in [2.45, 2.75) is 46.6 Å². The first-order valence-electron chi connectivity index (χ1n) is 8.65. The average molecular weight is 339 g/mol. The summed E-state index contributed by atoms with van der Waals surface area (Å²) in [6, 6.07) is 9.17. The van der Waals surface area contributed by atoms with E-state index in [9.17, 15) is 9.59 Å². The maximum atomic E-state index is 12.6. The molecular formula is C20H25N3O2. The van der Waals surface area contributed by atoms with E-state index in [0.717, 1.165) is 29.7 Å². The Labute approximate surface area is 148 Å². The van der Waals surface area contributed by atoms with Gasteiger partial charge in [-0.15, -0.1) is 0 Å². The standard InChI is InChI=1S/C20H25N3O2/c1-5-14-8-7-9-15(6-2)18(14)23-20(25)17-12-16(10-11-21-17)19(24)22-13(3)4/h7-13H,5-6H2,1-4H3,(H,22,24)(H,23,25). The zero-order chi connectivity index (χ0) is 18.4. The van der Waals surface area contributed by atoms with Crippen molar-refractivity contribution >= 4 is 17.5 Å². The number of hydrogen-bond donors (Lipinski definition) is 2. The fourth-order valence-corrected chi connectivity index (χ4v) is 2.62. The van der Waals surface area contributed by atoms with E-state index in [0.29, 0.717) is 5.56 Å². The lowest BCUT2D eigenvalue weighted by molar-refractivity contribution is 0.0943. The molecule has 2 amide bonds. The summed E-state index contributed by atoms with van der Waals surface area (Å²) in [4.78, 5) is 28.9. The summed E-state index contributed by atoms with van der Waals surface area (Å²) in [6.07, 6.45) is 3.14. The van der Waals surface area contributed by atoms with Crippen LogP contribution in [0.2, 0.25) is 0 Å². The number of nitrogens with one attached hydrogen (secondary N) is 2. The van der Waals surface area contributed by atoms with Gasteiger partial charge < -0.3 is 10.6 Å². The molecule has 2 aromatic rings. The Morgan fingerprint density at radius 3 is 2.24 bits per heavy atom. The summed E-state index contributed by atoms with van der Waals surface area (Å²) < 4.78 is 0. The van der Waals surface area contributed by atoms with E-state index in [1.165, 1.54) is 12.3 Å². The van der Waals surface area contributed by atoms with Gasteiger partial charge in [0.05, 0.1) is 0 Å². The second-order valence-electron chi connectivity index (χ2n) is 6.17. The number of carbonyl (C=O) groups excluding carboxylic acids is 2. The number of hydrogen-bond acceptors (Lipinski definition) is 3. The fraction of sp³-hybridized carbons (Fsp3) is 0.350. The monoisotopic (exact) mass is 339 g/mol. The fourth-order valence-electron chi connectivity index (χ4n) is 2.62. The first-order valence-corrected chi connectivity index (χ1v) is 8.65. The topological polar surface area (TPSA) is 71.1 Å². The van der Waals surface area contributed by atoms with Gasteiger partial charge in [0.25, 0.3) is 11.8 Å². The molecule has 0 aliphatic rings. The Morgan fingerprint density at radius 1 is 1.04 bits per heavy atom. The highest BCUT2D eigenvalue weighted by atomic mass is 16.2. The molecule has 5 heteroatoms. The van der Waals surface area contributed by atoms with Crippen LogP contribution in [0.5, 0.6) is 0 Å². The SMILES string of the molecule is CCc1cccc(CC)c1NC(=O)c1cc(C(=O)NC(C)C)ccn1. The predicted molar refractivity (Wildman–Crippen MR) is 100.0 cm³/mol. The molecule has 0 fully saturated rings. The Balaban J connectivity index is 2.26. The summed E-state index contributed by atoms with van der Waals surface area (Å²) in [5.74, 6) is -0.524. The lowest BCUT2D eigenvalue weighted by Crippen LogP contribution is -2.30. The predicted octanol–water partition coefficient (Wildman–Crippen LogP) is 3.60. The zero-order valence-corrected chi connectivity index (χ0v) is 15.2. The van der Waals surface area contributed by atoms with E-state index >= 15 is 0 Å². The maximum Gasteiger partial charge on any atom is 0.274 e. The molecule has 0 aliphatic carbocycles. The van der Waals surface area contributed by atoms with Crippen molar-refractivity contribution in [3.8, 4) is 0 Å². The van der Waals surface area contributed by atoms with Crippen molar-refractivity contribution in [2.24, 2.45) is 0 Å². The molecule has 0 saturated carbocycles. The molecule has 1 aromatic heterocycles. The van der Waals surface area contributed by atoms with Crippen molar-refractivity contribution in [3.63, 3.8) is 0 Å². The second-order valence-corrected chi connectivity index (χ2v) is 6.17. The maximum absolute atomic E-state index is 12.6. The molecule has 1 aromatic carbocycles. The van der Waals surface area contributed by atoms with Crippen molar-refractivity contribution < 1.29 is 9.59 Å². The zero-order valence-electron chi connectivity index (χ0n) is 15.2. The molecule has 0 aliphatic heterocycles. The summed E-state index contributed by atoms with van der Waals surface area (Å²) >= 11 is 0. The molecule has 0 unspecified atom stereocenters. The molecule has 0 spiro atoms. The normalized spacial score (nSPS) is 10.6. The first-order chi connectivity index (χ1) is 12.0. The van der Waals surface area contributed by atoms with Gasteiger partial charge in [-0.1, -0.05) is 32.0 Å². The van der Waals surface area contributed by atoms with E-state index in [-0.39, 0.29) is 23.6 Å². The third-order valence-electron chi connectivity index (χ3n) is 3.91. The molecule has 2 rings (SSSR count). The van der Waals surface area contributed by atoms with Crippen LogP contribution in [0.4, 0.5) is 5.69 Å². The highest BCUT2D eigenvalue weighted by Crippen LogP contribution is 2.23. The number of aromatic nitrogens is 1. The number of benzene rings is 1. The summed E-state index contributed by atoms with van der Waals surface area (Å²) in [7, 11) is 0. The van der Waals surface area contributed by atoms with Crippen molar-refractivity contribution in [1.29, 1.82) is 0 Å². The quantitative estimate of drug-likeness (QED) is 0.845. The summed E-state index contributed by atoms with van der Waals surface area (Å²) in [5, 5.41) is 5.78. The smallest absolute Gasteiger partial charge is 0.274 e. The van der Waals surface area contributed by atoms with E-state index in [2.05, 4.69) is 29.5 Å². The Morgan fingerprint density at radius 2 is 1.68 bits per heavy atom. The molecule has 25 heavy (non-hydrogen) atoms. The highest BCUT2D eigenvalue weighted by molar-refractivity contribution is 6.05. The largest absolute Gasteiger partial charge is 0.350 e. The minimum atomic E-state index is -0.310. The third kappa shape index (κ3) is 4.66. The number of rotatable bonds is 6. The molecule has 5 nitrogen and oxygen atoms in total. The Kier molecular flexibility index (Phi) is 6.28. The third-order valence-corrected chi connectivity index (χ3v) is 3.91. The van der Waals surface area contributed by atoms with Gasteiger partial charge in [-0.05, 0) is 49.9 Å². The van der Waals surface area contributed by atoms with Crippen LogP contribution in [0.15, 0.2) is 36.5 Å². The Hall–Kier alpha value is -2.69. The van der Waals surface area contributed by atoms with Gasteiger partial charge in [0.1, 0.15) is 5.69 Å². The summed E-state index contributed by atoms with van der Waals surface area (Å²) in [5.41, 5.74) is 3.66. The van der Waals surface area contributed by atoms with Gasteiger partial charge >= 0.3 is 0 Å². The van der Waals surface area contributed by atoms with Crippen LogP contribution < -0.4 is 10.6 Å². The molecule has 0 saturated heterocycles. The van der Waals surface area contributed by atoms with Crippen molar-refractivity contribution in [3.05, 3.63) is 58.9 Å². The van der Waals surface area contributed by atoms with Gasteiger partial charge in [0.2, 0.25) is 0 Å². The Bertz CT molecular complexity index is 747. The van der Waals surface area contributed by atoms with Crippen LogP contribution in [0.3, 0.4) is 0 Å². The summed E-state index contributed by atoms with van der Waals surface area (Å²) in [6.45, 7) is 7.89. The van der Waals surface area contributed by atoms with Gasteiger partial charge in [0.15, 0.2) is 0 Å². The molecule has 132 valence electrons. The lowest BCUT2D eigenvalue weighted by atomic mass is 10.0. The number of nitrogens with zero attached hydrogens (tertiary/aromatic N) is 1. The van der Waals surface area contributed by atoms with Gasteiger partial charge in [-0.3, -0.25) is 14.6 Å². The molecule has 0 radical (unpaired) electrons. The number of aryl methyl sites for hydroxylation is 2. The lowest BCUT2D eigenvalue weighted by Gasteiger charge is -2.14. The number of amides is 2. The average Bonchev–Trinajstić information content (AvgIpc) is 2.61. The minimum Gasteiger partial charge on any atom is -0.350 e. The van der Waals surface area contributed by atoms with E-state index in [1.807, 2.05) is 32.0 Å². The van der Waals surface area contributed by atoms with Crippen LogP contribution in [-0.2, 0) is 12.8 Å². The van der Waals surface area contributed by atoms with Crippen LogP contribution in [0.25, 0.3) is 0 Å². The molecular weight excluding hydrogens is 314 g/mol. The van der Waals surface area contributed by atoms with Crippen LogP contribution in [0.1, 0.15) is 59.7 Å². The molecule has 0 bridgehead atoms. The van der Waals surface area contributed by atoms with E-state index in [4.69, 9.17) is 0 Å².